The maximum absolute atomic E-state index is 12.2. The molecule has 7 nitrogen and oxygen atoms in total. The van der Waals surface area contributed by atoms with Crippen molar-refractivity contribution in [3.05, 3.63) is 47.2 Å². The molecule has 144 valence electrons. The molecule has 2 N–H and O–H groups in total. The molecular weight excluding hydrogens is 378 g/mol. The Labute approximate surface area is 167 Å². The van der Waals surface area contributed by atoms with E-state index in [-0.39, 0.29) is 12.1 Å². The van der Waals surface area contributed by atoms with Crippen LogP contribution in [0.25, 0.3) is 22.0 Å². The van der Waals surface area contributed by atoms with Gasteiger partial charge in [0.1, 0.15) is 5.52 Å². The monoisotopic (exact) mass is 397 g/mol. The average Bonchev–Trinajstić information content (AvgIpc) is 3.20. The molecule has 1 aromatic carbocycles. The predicted octanol–water partition coefficient (Wildman–Crippen LogP) is 3.82. The van der Waals surface area contributed by atoms with Crippen LogP contribution in [0.1, 0.15) is 18.9 Å². The number of fused-ring (bicyclic) bond motifs is 1. The van der Waals surface area contributed by atoms with Crippen molar-refractivity contribution in [1.29, 1.82) is 0 Å². The number of hydrogen-bond acceptors (Lipinski definition) is 5. The van der Waals surface area contributed by atoms with E-state index in [4.69, 9.17) is 16.3 Å². The number of nitrogens with one attached hydrogen (secondary N) is 2. The number of aryl methyl sites for hydroxylation is 1. The Kier molecular flexibility index (Phi) is 5.36. The van der Waals surface area contributed by atoms with Crippen molar-refractivity contribution in [2.45, 2.75) is 25.8 Å². The quantitative estimate of drug-likeness (QED) is 0.698. The van der Waals surface area contributed by atoms with Crippen LogP contribution in [0.3, 0.4) is 0 Å². The minimum absolute atomic E-state index is 0.0208. The van der Waals surface area contributed by atoms with Crippen LogP contribution in [0.5, 0.6) is 0 Å². The van der Waals surface area contributed by atoms with E-state index in [1.807, 2.05) is 24.4 Å². The van der Waals surface area contributed by atoms with Crippen molar-refractivity contribution in [2.24, 2.45) is 0 Å². The van der Waals surface area contributed by atoms with Crippen LogP contribution < -0.4 is 10.6 Å². The Morgan fingerprint density at radius 1 is 1.32 bits per heavy atom. The molecule has 0 bridgehead atoms. The molecule has 0 radical (unpaired) electrons. The third-order valence-corrected chi connectivity index (χ3v) is 5.04. The van der Waals surface area contributed by atoms with Gasteiger partial charge < -0.3 is 10.1 Å². The van der Waals surface area contributed by atoms with Crippen LogP contribution in [-0.2, 0) is 11.2 Å². The van der Waals surface area contributed by atoms with Gasteiger partial charge in [-0.2, -0.15) is 0 Å². The van der Waals surface area contributed by atoms with Crippen molar-refractivity contribution < 1.29 is 9.53 Å². The van der Waals surface area contributed by atoms with Gasteiger partial charge in [-0.05, 0) is 48.2 Å². The second-order valence-corrected chi connectivity index (χ2v) is 7.08. The summed E-state index contributed by atoms with van der Waals surface area (Å²) in [6.45, 7) is 3.29. The van der Waals surface area contributed by atoms with Crippen molar-refractivity contribution in [1.82, 2.24) is 20.5 Å². The average molecular weight is 398 g/mol. The van der Waals surface area contributed by atoms with Gasteiger partial charge in [0.25, 0.3) is 0 Å². The molecule has 1 aliphatic rings. The summed E-state index contributed by atoms with van der Waals surface area (Å²) in [5, 5.41) is 15.1. The standard InChI is InChI=1S/C20H20ClN5O2/c1-2-12-3-5-22-10-16(12)13-7-14-9-18(25-26-19(14)17(21)8-13)24-20(27)23-15-4-6-28-11-15/h3,5,7-10,15H,2,4,6,11H2,1H3,(H2,23,24,25,27)/t15-/m0/s1. The number of hydrogen-bond donors (Lipinski definition) is 2. The second kappa shape index (κ2) is 8.08. The zero-order chi connectivity index (χ0) is 19.5. The van der Waals surface area contributed by atoms with Gasteiger partial charge in [0.15, 0.2) is 5.82 Å². The number of halogens is 1. The highest BCUT2D eigenvalue weighted by Crippen LogP contribution is 2.31. The van der Waals surface area contributed by atoms with Gasteiger partial charge in [-0.3, -0.25) is 10.3 Å². The summed E-state index contributed by atoms with van der Waals surface area (Å²) < 4.78 is 5.26. The molecule has 3 aromatic rings. The number of benzene rings is 1. The highest BCUT2D eigenvalue weighted by Gasteiger charge is 2.18. The van der Waals surface area contributed by atoms with Gasteiger partial charge in [0, 0.05) is 30.0 Å². The maximum Gasteiger partial charge on any atom is 0.320 e. The molecule has 0 saturated carbocycles. The number of urea groups is 1. The summed E-state index contributed by atoms with van der Waals surface area (Å²) in [4.78, 5) is 16.4. The first-order chi connectivity index (χ1) is 13.6. The van der Waals surface area contributed by atoms with Gasteiger partial charge in [0.2, 0.25) is 0 Å². The normalized spacial score (nSPS) is 16.3. The smallest absolute Gasteiger partial charge is 0.320 e. The first-order valence-corrected chi connectivity index (χ1v) is 9.57. The Hall–Kier alpha value is -2.77. The fourth-order valence-electron chi connectivity index (χ4n) is 3.31. The lowest BCUT2D eigenvalue weighted by molar-refractivity contribution is 0.189. The number of pyridine rings is 1. The molecule has 1 saturated heterocycles. The minimum atomic E-state index is -0.327. The van der Waals surface area contributed by atoms with E-state index in [0.29, 0.717) is 29.6 Å². The molecule has 0 spiro atoms. The largest absolute Gasteiger partial charge is 0.379 e. The zero-order valence-electron chi connectivity index (χ0n) is 15.4. The minimum Gasteiger partial charge on any atom is -0.379 e. The summed E-state index contributed by atoms with van der Waals surface area (Å²) in [5.41, 5.74) is 3.75. The van der Waals surface area contributed by atoms with Gasteiger partial charge in [-0.25, -0.2) is 4.79 Å². The van der Waals surface area contributed by atoms with E-state index >= 15 is 0 Å². The Morgan fingerprint density at radius 3 is 3.00 bits per heavy atom. The van der Waals surface area contributed by atoms with Crippen molar-refractivity contribution in [3.8, 4) is 11.1 Å². The zero-order valence-corrected chi connectivity index (χ0v) is 16.2. The third-order valence-electron chi connectivity index (χ3n) is 4.75. The topological polar surface area (TPSA) is 89.0 Å². The Balaban J connectivity index is 1.63. The molecule has 8 heteroatoms. The van der Waals surface area contributed by atoms with Crippen molar-refractivity contribution in [3.63, 3.8) is 0 Å². The van der Waals surface area contributed by atoms with Crippen molar-refractivity contribution >= 4 is 34.4 Å². The number of rotatable bonds is 4. The number of aromatic nitrogens is 3. The molecule has 1 fully saturated rings. The summed E-state index contributed by atoms with van der Waals surface area (Å²) in [6.07, 6.45) is 5.31. The number of amides is 2. The van der Waals surface area contributed by atoms with Gasteiger partial charge in [-0.1, -0.05) is 18.5 Å². The van der Waals surface area contributed by atoms with E-state index in [1.54, 1.807) is 12.3 Å². The molecular formula is C20H20ClN5O2. The number of nitrogens with zero attached hydrogens (tertiary/aromatic N) is 3. The number of anilines is 1. The molecule has 0 aliphatic carbocycles. The van der Waals surface area contributed by atoms with E-state index in [2.05, 4.69) is 32.7 Å². The van der Waals surface area contributed by atoms with E-state index in [1.165, 1.54) is 5.56 Å². The van der Waals surface area contributed by atoms with E-state index in [9.17, 15) is 4.79 Å². The lowest BCUT2D eigenvalue weighted by atomic mass is 9.99. The maximum atomic E-state index is 12.2. The fraction of sp³-hybridized carbons (Fsp3) is 0.300. The number of ether oxygens (including phenoxy) is 1. The molecule has 2 amide bonds. The highest BCUT2D eigenvalue weighted by atomic mass is 35.5. The van der Waals surface area contributed by atoms with Crippen LogP contribution in [0.15, 0.2) is 36.7 Å². The van der Waals surface area contributed by atoms with Gasteiger partial charge in [-0.15, -0.1) is 10.2 Å². The van der Waals surface area contributed by atoms with Crippen LogP contribution in [-0.4, -0.2) is 40.5 Å². The summed E-state index contributed by atoms with van der Waals surface area (Å²) in [7, 11) is 0. The number of carbonyl (C=O) groups excluding carboxylic acids is 1. The molecule has 1 aliphatic heterocycles. The molecule has 3 heterocycles. The van der Waals surface area contributed by atoms with Crippen LogP contribution in [0, 0.1) is 0 Å². The third kappa shape index (κ3) is 3.90. The lowest BCUT2D eigenvalue weighted by Gasteiger charge is -2.12. The molecule has 0 unspecified atom stereocenters. The predicted molar refractivity (Wildman–Crippen MR) is 109 cm³/mol. The number of carbonyl (C=O) groups is 1. The van der Waals surface area contributed by atoms with Crippen LogP contribution >= 0.6 is 11.6 Å². The van der Waals surface area contributed by atoms with E-state index < -0.39 is 0 Å². The highest BCUT2D eigenvalue weighted by molar-refractivity contribution is 6.35. The Morgan fingerprint density at radius 2 is 2.21 bits per heavy atom. The summed E-state index contributed by atoms with van der Waals surface area (Å²) in [6, 6.07) is 7.32. The first kappa shape index (κ1) is 18.6. The van der Waals surface area contributed by atoms with Gasteiger partial charge >= 0.3 is 6.03 Å². The molecule has 28 heavy (non-hydrogen) atoms. The molecule has 2 aromatic heterocycles. The van der Waals surface area contributed by atoms with Crippen LogP contribution in [0.4, 0.5) is 10.6 Å². The SMILES string of the molecule is CCc1ccncc1-c1cc(Cl)c2nnc(NC(=O)N[C@H]3CCOC3)cc2c1. The second-order valence-electron chi connectivity index (χ2n) is 6.67. The van der Waals surface area contributed by atoms with Crippen LogP contribution in [0.2, 0.25) is 5.02 Å². The van der Waals surface area contributed by atoms with Gasteiger partial charge in [0.05, 0.1) is 17.7 Å². The first-order valence-electron chi connectivity index (χ1n) is 9.19. The summed E-state index contributed by atoms with van der Waals surface area (Å²) >= 11 is 6.44. The fourth-order valence-corrected chi connectivity index (χ4v) is 3.57. The van der Waals surface area contributed by atoms with E-state index in [0.717, 1.165) is 29.4 Å². The summed E-state index contributed by atoms with van der Waals surface area (Å²) in [5.74, 6) is 0.360. The van der Waals surface area contributed by atoms with Crippen molar-refractivity contribution in [2.75, 3.05) is 18.5 Å². The lowest BCUT2D eigenvalue weighted by Crippen LogP contribution is -2.38. The Bertz CT molecular complexity index is 1020. The molecule has 4 rings (SSSR count). The molecule has 1 atom stereocenters.